The number of carbonyl (C=O) groups is 1. The number of likely N-dealkylation sites (tertiary alicyclic amines) is 1. The van der Waals surface area contributed by atoms with Crippen molar-refractivity contribution in [2.24, 2.45) is 0 Å². The zero-order valence-corrected chi connectivity index (χ0v) is 11.3. The summed E-state index contributed by atoms with van der Waals surface area (Å²) in [5.41, 5.74) is 0. The molecule has 3 atom stereocenters. The highest BCUT2D eigenvalue weighted by Gasteiger charge is 2.31. The Morgan fingerprint density at radius 3 is 2.89 bits per heavy atom. The molecule has 2 fully saturated rings. The Morgan fingerprint density at radius 2 is 2.22 bits per heavy atom. The summed E-state index contributed by atoms with van der Waals surface area (Å²) in [5.74, 6) is -0.765. The third kappa shape index (κ3) is 3.43. The van der Waals surface area contributed by atoms with Crippen molar-refractivity contribution >= 4 is 5.97 Å². The number of ether oxygens (including phenoxy) is 1. The predicted octanol–water partition coefficient (Wildman–Crippen LogP) is 0.645. The summed E-state index contributed by atoms with van der Waals surface area (Å²) in [6.07, 6.45) is 2.35. The maximum absolute atomic E-state index is 10.7. The minimum Gasteiger partial charge on any atom is -0.481 e. The van der Waals surface area contributed by atoms with Crippen molar-refractivity contribution in [1.29, 1.82) is 0 Å². The van der Waals surface area contributed by atoms with Crippen LogP contribution < -0.4 is 0 Å². The summed E-state index contributed by atoms with van der Waals surface area (Å²) >= 11 is 0. The van der Waals surface area contributed by atoms with Crippen molar-refractivity contribution in [3.63, 3.8) is 0 Å². The molecule has 1 N–H and O–H groups in total. The summed E-state index contributed by atoms with van der Waals surface area (Å²) in [6, 6.07) is 1.21. The second-order valence-electron chi connectivity index (χ2n) is 5.59. The van der Waals surface area contributed by atoms with Crippen LogP contribution in [0, 0.1) is 0 Å². The van der Waals surface area contributed by atoms with Crippen molar-refractivity contribution in [3.8, 4) is 0 Å². The number of rotatable bonds is 3. The fourth-order valence-electron chi connectivity index (χ4n) is 2.99. The molecule has 0 bridgehead atoms. The lowest BCUT2D eigenvalue weighted by Gasteiger charge is -2.43. The van der Waals surface area contributed by atoms with Crippen molar-refractivity contribution in [2.45, 2.75) is 44.4 Å². The molecule has 2 rings (SSSR count). The van der Waals surface area contributed by atoms with Gasteiger partial charge in [0.25, 0.3) is 0 Å². The number of nitrogens with zero attached hydrogens (tertiary/aromatic N) is 2. The van der Waals surface area contributed by atoms with Gasteiger partial charge in [-0.25, -0.2) is 0 Å². The molecule has 0 spiro atoms. The Morgan fingerprint density at radius 1 is 1.44 bits per heavy atom. The smallest absolute Gasteiger partial charge is 0.306 e. The molecule has 5 heteroatoms. The fraction of sp³-hybridized carbons (Fsp3) is 0.923. The van der Waals surface area contributed by atoms with Gasteiger partial charge in [-0.1, -0.05) is 0 Å². The first-order chi connectivity index (χ1) is 8.56. The molecule has 2 aliphatic rings. The van der Waals surface area contributed by atoms with Crippen LogP contribution in [0.5, 0.6) is 0 Å². The van der Waals surface area contributed by atoms with Gasteiger partial charge in [-0.05, 0) is 33.4 Å². The number of morpholine rings is 1. The van der Waals surface area contributed by atoms with E-state index in [0.717, 1.165) is 19.6 Å². The second kappa shape index (κ2) is 5.99. The van der Waals surface area contributed by atoms with Crippen LogP contribution in [0.15, 0.2) is 0 Å². The van der Waals surface area contributed by atoms with Crippen molar-refractivity contribution in [1.82, 2.24) is 9.80 Å². The molecule has 104 valence electrons. The van der Waals surface area contributed by atoms with Gasteiger partial charge < -0.3 is 14.7 Å². The van der Waals surface area contributed by atoms with Crippen LogP contribution in [0.3, 0.4) is 0 Å². The van der Waals surface area contributed by atoms with E-state index in [1.54, 1.807) is 0 Å². The lowest BCUT2D eigenvalue weighted by molar-refractivity contribution is -0.142. The topological polar surface area (TPSA) is 53.0 Å². The summed E-state index contributed by atoms with van der Waals surface area (Å²) in [4.78, 5) is 15.6. The van der Waals surface area contributed by atoms with Crippen molar-refractivity contribution in [3.05, 3.63) is 0 Å². The molecule has 2 heterocycles. The highest BCUT2D eigenvalue weighted by atomic mass is 16.5. The van der Waals surface area contributed by atoms with E-state index >= 15 is 0 Å². The fourth-order valence-corrected chi connectivity index (χ4v) is 2.99. The largest absolute Gasteiger partial charge is 0.481 e. The molecule has 0 amide bonds. The molecular formula is C13H24N2O3. The molecule has 2 aliphatic heterocycles. The molecule has 3 unspecified atom stereocenters. The lowest BCUT2D eigenvalue weighted by atomic mass is 9.96. The number of hydrogen-bond donors (Lipinski definition) is 1. The van der Waals surface area contributed by atoms with Crippen LogP contribution in [-0.2, 0) is 9.53 Å². The van der Waals surface area contributed by atoms with Gasteiger partial charge in [0, 0.05) is 25.2 Å². The van der Waals surface area contributed by atoms with Crippen LogP contribution >= 0.6 is 0 Å². The van der Waals surface area contributed by atoms with Crippen LogP contribution in [-0.4, -0.2) is 72.4 Å². The van der Waals surface area contributed by atoms with Gasteiger partial charge in [-0.2, -0.15) is 0 Å². The molecule has 0 aromatic heterocycles. The third-order valence-electron chi connectivity index (χ3n) is 4.27. The molecule has 0 saturated carbocycles. The van der Waals surface area contributed by atoms with Gasteiger partial charge in [0.2, 0.25) is 0 Å². The second-order valence-corrected chi connectivity index (χ2v) is 5.59. The molecular weight excluding hydrogens is 232 g/mol. The summed E-state index contributed by atoms with van der Waals surface area (Å²) in [7, 11) is 2.17. The average molecular weight is 256 g/mol. The number of piperidine rings is 1. The predicted molar refractivity (Wildman–Crippen MR) is 68.7 cm³/mol. The van der Waals surface area contributed by atoms with E-state index < -0.39 is 5.97 Å². The zero-order chi connectivity index (χ0) is 13.1. The van der Waals surface area contributed by atoms with Crippen LogP contribution in [0.1, 0.15) is 26.2 Å². The molecule has 0 aromatic carbocycles. The quantitative estimate of drug-likeness (QED) is 0.803. The number of aliphatic carboxylic acids is 1. The normalized spacial score (nSPS) is 35.6. The van der Waals surface area contributed by atoms with Crippen LogP contribution in [0.2, 0.25) is 0 Å². The monoisotopic (exact) mass is 256 g/mol. The maximum atomic E-state index is 10.7. The van der Waals surface area contributed by atoms with Gasteiger partial charge >= 0.3 is 5.97 Å². The zero-order valence-electron chi connectivity index (χ0n) is 11.3. The van der Waals surface area contributed by atoms with E-state index in [4.69, 9.17) is 9.84 Å². The van der Waals surface area contributed by atoms with Gasteiger partial charge in [0.1, 0.15) is 0 Å². The van der Waals surface area contributed by atoms with E-state index in [-0.39, 0.29) is 12.5 Å². The SMILES string of the molecule is CC1CC(N2CCOC(CC(=O)O)C2)CCN1C. The van der Waals surface area contributed by atoms with Gasteiger partial charge in [0.15, 0.2) is 0 Å². The van der Waals surface area contributed by atoms with Crippen LogP contribution in [0.25, 0.3) is 0 Å². The Hall–Kier alpha value is -0.650. The molecule has 18 heavy (non-hydrogen) atoms. The Balaban J connectivity index is 1.86. The van der Waals surface area contributed by atoms with Crippen LogP contribution in [0.4, 0.5) is 0 Å². The van der Waals surface area contributed by atoms with E-state index in [9.17, 15) is 4.79 Å². The Kier molecular flexibility index (Phi) is 4.59. The molecule has 0 aromatic rings. The van der Waals surface area contributed by atoms with Gasteiger partial charge in [-0.15, -0.1) is 0 Å². The van der Waals surface area contributed by atoms with Gasteiger partial charge in [-0.3, -0.25) is 9.69 Å². The first kappa shape index (κ1) is 13.8. The molecule has 0 aliphatic carbocycles. The van der Waals surface area contributed by atoms with E-state index in [2.05, 4.69) is 23.8 Å². The minimum atomic E-state index is -0.765. The first-order valence-electron chi connectivity index (χ1n) is 6.84. The summed E-state index contributed by atoms with van der Waals surface area (Å²) in [6.45, 7) is 5.78. The Labute approximate surface area is 109 Å². The number of carboxylic acids is 1. The van der Waals surface area contributed by atoms with E-state index in [1.807, 2.05) is 0 Å². The number of carboxylic acid groups (broad SMARTS) is 1. The standard InChI is InChI=1S/C13H24N2O3/c1-10-7-11(3-4-14(10)2)15-5-6-18-12(9-15)8-13(16)17/h10-12H,3-9H2,1-2H3,(H,16,17). The van der Waals surface area contributed by atoms with E-state index in [0.29, 0.717) is 18.7 Å². The lowest BCUT2D eigenvalue weighted by Crippen LogP contribution is -2.53. The summed E-state index contributed by atoms with van der Waals surface area (Å²) in [5, 5.41) is 8.83. The minimum absolute atomic E-state index is 0.124. The van der Waals surface area contributed by atoms with Gasteiger partial charge in [0.05, 0.1) is 19.1 Å². The summed E-state index contributed by atoms with van der Waals surface area (Å²) < 4.78 is 5.52. The number of hydrogen-bond acceptors (Lipinski definition) is 4. The molecule has 0 radical (unpaired) electrons. The third-order valence-corrected chi connectivity index (χ3v) is 4.27. The molecule has 2 saturated heterocycles. The van der Waals surface area contributed by atoms with E-state index in [1.165, 1.54) is 12.8 Å². The highest BCUT2D eigenvalue weighted by molar-refractivity contribution is 5.67. The average Bonchev–Trinajstić information content (AvgIpc) is 2.32. The maximum Gasteiger partial charge on any atom is 0.306 e. The molecule has 5 nitrogen and oxygen atoms in total. The van der Waals surface area contributed by atoms with Crippen molar-refractivity contribution in [2.75, 3.05) is 33.3 Å². The van der Waals surface area contributed by atoms with Crippen molar-refractivity contribution < 1.29 is 14.6 Å². The Bertz CT molecular complexity index is 298. The first-order valence-corrected chi connectivity index (χ1v) is 6.84. The highest BCUT2D eigenvalue weighted by Crippen LogP contribution is 2.23.